The van der Waals surface area contributed by atoms with E-state index >= 15 is 0 Å². The second-order valence-corrected chi connectivity index (χ2v) is 4.55. The third kappa shape index (κ3) is 2.49. The van der Waals surface area contributed by atoms with Crippen LogP contribution in [0.1, 0.15) is 22.8 Å². The number of carbonyl (C=O) groups is 1. The fraction of sp³-hybridized carbons (Fsp3) is 0.188. The summed E-state index contributed by atoms with van der Waals surface area (Å²) in [7, 11) is 0. The van der Waals surface area contributed by atoms with E-state index in [0.717, 1.165) is 11.1 Å². The van der Waals surface area contributed by atoms with Crippen molar-refractivity contribution in [3.8, 4) is 11.1 Å². The molecule has 0 amide bonds. The minimum absolute atomic E-state index is 0.0227. The quantitative estimate of drug-likeness (QED) is 0.836. The molecule has 0 aliphatic rings. The summed E-state index contributed by atoms with van der Waals surface area (Å²) in [5.41, 5.74) is 9.71. The van der Waals surface area contributed by atoms with Gasteiger partial charge in [-0.25, -0.2) is 0 Å². The summed E-state index contributed by atoms with van der Waals surface area (Å²) in [6.45, 7) is 3.78. The van der Waals surface area contributed by atoms with Gasteiger partial charge in [-0.1, -0.05) is 42.5 Å². The van der Waals surface area contributed by atoms with Gasteiger partial charge in [-0.3, -0.25) is 4.79 Å². The lowest BCUT2D eigenvalue weighted by Gasteiger charge is -2.09. The minimum atomic E-state index is -0.461. The summed E-state index contributed by atoms with van der Waals surface area (Å²) >= 11 is 0. The Kier molecular flexibility index (Phi) is 3.58. The van der Waals surface area contributed by atoms with Gasteiger partial charge in [0.25, 0.3) is 0 Å². The lowest BCUT2D eigenvalue weighted by atomic mass is 9.96. The van der Waals surface area contributed by atoms with E-state index in [0.29, 0.717) is 5.56 Å². The van der Waals surface area contributed by atoms with Crippen LogP contribution in [0.5, 0.6) is 0 Å². The second-order valence-electron chi connectivity index (χ2n) is 4.55. The first-order valence-corrected chi connectivity index (χ1v) is 6.05. The van der Waals surface area contributed by atoms with Crippen molar-refractivity contribution >= 4 is 5.78 Å². The summed E-state index contributed by atoms with van der Waals surface area (Å²) in [6.07, 6.45) is 0. The minimum Gasteiger partial charge on any atom is -0.321 e. The summed E-state index contributed by atoms with van der Waals surface area (Å²) in [6, 6.07) is 15.3. The Balaban J connectivity index is 2.45. The number of hydrogen-bond acceptors (Lipinski definition) is 2. The molecule has 0 radical (unpaired) electrons. The van der Waals surface area contributed by atoms with E-state index in [9.17, 15) is 4.79 Å². The molecule has 2 nitrogen and oxygen atoms in total. The van der Waals surface area contributed by atoms with Crippen molar-refractivity contribution < 1.29 is 4.79 Å². The van der Waals surface area contributed by atoms with Gasteiger partial charge < -0.3 is 5.73 Å². The van der Waals surface area contributed by atoms with Gasteiger partial charge in [0.2, 0.25) is 0 Å². The Morgan fingerprint density at radius 3 is 2.50 bits per heavy atom. The Morgan fingerprint density at radius 1 is 1.11 bits per heavy atom. The van der Waals surface area contributed by atoms with E-state index in [2.05, 4.69) is 19.1 Å². The molecule has 2 aromatic rings. The van der Waals surface area contributed by atoms with Crippen LogP contribution in [0.2, 0.25) is 0 Å². The zero-order chi connectivity index (χ0) is 13.1. The van der Waals surface area contributed by atoms with E-state index in [1.54, 1.807) is 6.92 Å². The van der Waals surface area contributed by atoms with Crippen molar-refractivity contribution in [3.05, 3.63) is 59.7 Å². The van der Waals surface area contributed by atoms with Gasteiger partial charge in [0.15, 0.2) is 5.78 Å². The molecule has 1 atom stereocenters. The van der Waals surface area contributed by atoms with Crippen LogP contribution in [0, 0.1) is 6.92 Å². The maximum atomic E-state index is 11.9. The van der Waals surface area contributed by atoms with Crippen LogP contribution in [0.4, 0.5) is 0 Å². The van der Waals surface area contributed by atoms with Crippen LogP contribution in [0.25, 0.3) is 11.1 Å². The Morgan fingerprint density at radius 2 is 1.83 bits per heavy atom. The van der Waals surface area contributed by atoms with Crippen LogP contribution in [-0.2, 0) is 0 Å². The molecule has 0 fully saturated rings. The summed E-state index contributed by atoms with van der Waals surface area (Å²) in [5.74, 6) is -0.0227. The fourth-order valence-electron chi connectivity index (χ4n) is 2.00. The van der Waals surface area contributed by atoms with Gasteiger partial charge in [-0.2, -0.15) is 0 Å². The molecule has 2 rings (SSSR count). The molecule has 2 aromatic carbocycles. The van der Waals surface area contributed by atoms with Crippen LogP contribution in [0.15, 0.2) is 48.5 Å². The molecule has 0 spiro atoms. The monoisotopic (exact) mass is 239 g/mol. The highest BCUT2D eigenvalue weighted by atomic mass is 16.1. The highest BCUT2D eigenvalue weighted by Gasteiger charge is 2.11. The Hall–Kier alpha value is -1.93. The third-order valence-corrected chi connectivity index (χ3v) is 3.02. The number of ketones is 1. The SMILES string of the molecule is Cc1ccccc1-c1cccc(C(=O)C(C)N)c1. The average molecular weight is 239 g/mol. The molecule has 1 unspecified atom stereocenters. The fourth-order valence-corrected chi connectivity index (χ4v) is 2.00. The average Bonchev–Trinajstić information content (AvgIpc) is 2.38. The molecule has 0 aliphatic heterocycles. The van der Waals surface area contributed by atoms with E-state index < -0.39 is 6.04 Å². The van der Waals surface area contributed by atoms with E-state index in [4.69, 9.17) is 5.73 Å². The molecule has 0 saturated carbocycles. The van der Waals surface area contributed by atoms with Crippen LogP contribution >= 0.6 is 0 Å². The highest BCUT2D eigenvalue weighted by molar-refractivity contribution is 6.00. The van der Waals surface area contributed by atoms with Crippen molar-refractivity contribution in [2.24, 2.45) is 5.73 Å². The molecule has 18 heavy (non-hydrogen) atoms. The molecular weight excluding hydrogens is 222 g/mol. The molecule has 2 N–H and O–H groups in total. The first-order chi connectivity index (χ1) is 8.59. The van der Waals surface area contributed by atoms with Crippen molar-refractivity contribution in [1.82, 2.24) is 0 Å². The zero-order valence-electron chi connectivity index (χ0n) is 10.7. The van der Waals surface area contributed by atoms with Crippen molar-refractivity contribution in [3.63, 3.8) is 0 Å². The van der Waals surface area contributed by atoms with Gasteiger partial charge >= 0.3 is 0 Å². The number of nitrogens with two attached hydrogens (primary N) is 1. The van der Waals surface area contributed by atoms with Gasteiger partial charge in [-0.15, -0.1) is 0 Å². The maximum Gasteiger partial charge on any atom is 0.179 e. The van der Waals surface area contributed by atoms with Gasteiger partial charge in [0, 0.05) is 5.56 Å². The number of benzene rings is 2. The molecule has 0 aromatic heterocycles. The highest BCUT2D eigenvalue weighted by Crippen LogP contribution is 2.24. The molecule has 0 heterocycles. The smallest absolute Gasteiger partial charge is 0.179 e. The lowest BCUT2D eigenvalue weighted by Crippen LogP contribution is -2.26. The third-order valence-electron chi connectivity index (χ3n) is 3.02. The van der Waals surface area contributed by atoms with Gasteiger partial charge in [-0.05, 0) is 36.6 Å². The molecule has 92 valence electrons. The Labute approximate surface area is 107 Å². The molecule has 0 saturated heterocycles. The number of carbonyl (C=O) groups excluding carboxylic acids is 1. The standard InChI is InChI=1S/C16H17NO/c1-11-6-3-4-9-15(11)13-7-5-8-14(10-13)16(18)12(2)17/h3-10,12H,17H2,1-2H3. The number of hydrogen-bond donors (Lipinski definition) is 1. The largest absolute Gasteiger partial charge is 0.321 e. The van der Waals surface area contributed by atoms with Crippen LogP contribution in [0.3, 0.4) is 0 Å². The topological polar surface area (TPSA) is 43.1 Å². The Bertz CT molecular complexity index is 573. The summed E-state index contributed by atoms with van der Waals surface area (Å²) < 4.78 is 0. The van der Waals surface area contributed by atoms with Gasteiger partial charge in [0.1, 0.15) is 0 Å². The predicted molar refractivity (Wildman–Crippen MR) is 74.6 cm³/mol. The normalized spacial score (nSPS) is 12.2. The van der Waals surface area contributed by atoms with E-state index in [1.165, 1.54) is 5.56 Å². The van der Waals surface area contributed by atoms with Crippen LogP contribution < -0.4 is 5.73 Å². The number of rotatable bonds is 3. The van der Waals surface area contributed by atoms with E-state index in [-0.39, 0.29) is 5.78 Å². The first kappa shape index (κ1) is 12.5. The maximum absolute atomic E-state index is 11.9. The molecule has 0 bridgehead atoms. The number of aryl methyl sites for hydroxylation is 1. The van der Waals surface area contributed by atoms with Crippen molar-refractivity contribution in [2.45, 2.75) is 19.9 Å². The molecule has 0 aliphatic carbocycles. The zero-order valence-corrected chi connectivity index (χ0v) is 10.7. The molecular formula is C16H17NO. The van der Waals surface area contributed by atoms with Gasteiger partial charge in [0.05, 0.1) is 6.04 Å². The number of Topliss-reactive ketones (excluding diaryl/α,β-unsaturated/α-hetero) is 1. The van der Waals surface area contributed by atoms with Crippen molar-refractivity contribution in [1.29, 1.82) is 0 Å². The van der Waals surface area contributed by atoms with Crippen LogP contribution in [-0.4, -0.2) is 11.8 Å². The summed E-state index contributed by atoms with van der Waals surface area (Å²) in [5, 5.41) is 0. The van der Waals surface area contributed by atoms with Crippen molar-refractivity contribution in [2.75, 3.05) is 0 Å². The predicted octanol–water partition coefficient (Wildman–Crippen LogP) is 3.19. The lowest BCUT2D eigenvalue weighted by molar-refractivity contribution is 0.0968. The van der Waals surface area contributed by atoms with E-state index in [1.807, 2.05) is 36.4 Å². The first-order valence-electron chi connectivity index (χ1n) is 6.05. The summed E-state index contributed by atoms with van der Waals surface area (Å²) in [4.78, 5) is 11.9. The second kappa shape index (κ2) is 5.15. The molecule has 2 heteroatoms.